The Balaban J connectivity index is 1.63. The number of aliphatic hydroxyl groups is 1. The number of β-amino-alcohol motifs (C(OH)–C–C–N with tert-alkyl or cyclic N) is 1. The van der Waals surface area contributed by atoms with Gasteiger partial charge in [-0.1, -0.05) is 25.7 Å². The average molecular weight is 251 g/mol. The molecule has 1 unspecified atom stereocenters. The van der Waals surface area contributed by atoms with Gasteiger partial charge in [-0.05, 0) is 12.3 Å². The smallest absolute Gasteiger partial charge is 0.0866 e. The number of hydrogen-bond acceptors (Lipinski definition) is 4. The van der Waals surface area contributed by atoms with Gasteiger partial charge in [0.15, 0.2) is 0 Å². The molecule has 1 atom stereocenters. The van der Waals surface area contributed by atoms with Crippen molar-refractivity contribution in [1.29, 1.82) is 5.26 Å². The molecular formula is C14H25N3O. The highest BCUT2D eigenvalue weighted by Gasteiger charge is 2.22. The lowest BCUT2D eigenvalue weighted by atomic mass is 10.00. The molecule has 1 saturated heterocycles. The van der Waals surface area contributed by atoms with Gasteiger partial charge in [0.1, 0.15) is 0 Å². The second-order valence-corrected chi connectivity index (χ2v) is 5.77. The molecule has 0 aromatic rings. The fraction of sp³-hybridized carbons (Fsp3) is 0.929. The van der Waals surface area contributed by atoms with E-state index in [9.17, 15) is 5.11 Å². The number of nitrogens with zero attached hydrogens (tertiary/aromatic N) is 3. The maximum Gasteiger partial charge on any atom is 0.0866 e. The summed E-state index contributed by atoms with van der Waals surface area (Å²) >= 11 is 0. The lowest BCUT2D eigenvalue weighted by Gasteiger charge is -2.34. The Morgan fingerprint density at radius 1 is 1.11 bits per heavy atom. The van der Waals surface area contributed by atoms with Gasteiger partial charge in [0.25, 0.3) is 0 Å². The van der Waals surface area contributed by atoms with Crippen LogP contribution in [-0.4, -0.2) is 60.3 Å². The largest absolute Gasteiger partial charge is 0.392 e. The van der Waals surface area contributed by atoms with Gasteiger partial charge >= 0.3 is 0 Å². The second kappa shape index (κ2) is 7.08. The summed E-state index contributed by atoms with van der Waals surface area (Å²) in [7, 11) is 0. The van der Waals surface area contributed by atoms with Crippen LogP contribution < -0.4 is 0 Å². The standard InChI is InChI=1S/C14H25N3O/c15-5-6-16-7-9-17(10-8-16)12-14(18)11-13-3-1-2-4-13/h13-14,18H,1-4,6-12H2. The molecule has 0 aromatic heterocycles. The third kappa shape index (κ3) is 4.24. The fourth-order valence-electron chi connectivity index (χ4n) is 3.23. The van der Waals surface area contributed by atoms with Crippen molar-refractivity contribution in [2.45, 2.75) is 38.2 Å². The summed E-state index contributed by atoms with van der Waals surface area (Å²) in [4.78, 5) is 4.52. The Kier molecular flexibility index (Phi) is 5.43. The topological polar surface area (TPSA) is 50.5 Å². The van der Waals surface area contributed by atoms with E-state index in [1.54, 1.807) is 0 Å². The number of piperazine rings is 1. The molecule has 2 fully saturated rings. The zero-order chi connectivity index (χ0) is 12.8. The monoisotopic (exact) mass is 251 g/mol. The molecule has 1 aliphatic heterocycles. The summed E-state index contributed by atoms with van der Waals surface area (Å²) in [6.45, 7) is 5.26. The number of rotatable bonds is 5. The summed E-state index contributed by atoms with van der Waals surface area (Å²) in [6, 6.07) is 2.20. The first kappa shape index (κ1) is 13.8. The predicted octanol–water partition coefficient (Wildman–Crippen LogP) is 1.07. The van der Waals surface area contributed by atoms with Crippen LogP contribution in [0.4, 0.5) is 0 Å². The van der Waals surface area contributed by atoms with E-state index in [4.69, 9.17) is 5.26 Å². The van der Waals surface area contributed by atoms with Crippen LogP contribution in [-0.2, 0) is 0 Å². The van der Waals surface area contributed by atoms with Gasteiger partial charge in [0, 0.05) is 32.7 Å². The molecule has 1 heterocycles. The van der Waals surface area contributed by atoms with Crippen molar-refractivity contribution < 1.29 is 5.11 Å². The third-order valence-corrected chi connectivity index (χ3v) is 4.31. The van der Waals surface area contributed by atoms with Crippen LogP contribution in [0.25, 0.3) is 0 Å². The van der Waals surface area contributed by atoms with Gasteiger partial charge in [-0.2, -0.15) is 5.26 Å². The van der Waals surface area contributed by atoms with E-state index in [-0.39, 0.29) is 6.10 Å². The predicted molar refractivity (Wildman–Crippen MR) is 71.1 cm³/mol. The van der Waals surface area contributed by atoms with E-state index >= 15 is 0 Å². The van der Waals surface area contributed by atoms with Crippen LogP contribution in [0, 0.1) is 17.2 Å². The quantitative estimate of drug-likeness (QED) is 0.743. The first-order chi connectivity index (χ1) is 8.78. The maximum absolute atomic E-state index is 10.1. The molecule has 0 spiro atoms. The number of aliphatic hydroxyl groups excluding tert-OH is 1. The molecule has 18 heavy (non-hydrogen) atoms. The highest BCUT2D eigenvalue weighted by Crippen LogP contribution is 2.28. The van der Waals surface area contributed by atoms with Crippen molar-refractivity contribution in [2.24, 2.45) is 5.92 Å². The fourth-order valence-corrected chi connectivity index (χ4v) is 3.23. The van der Waals surface area contributed by atoms with Gasteiger partial charge in [-0.25, -0.2) is 0 Å². The SMILES string of the molecule is N#CCN1CCN(CC(O)CC2CCCC2)CC1. The van der Waals surface area contributed by atoms with Crippen LogP contribution >= 0.6 is 0 Å². The minimum absolute atomic E-state index is 0.157. The van der Waals surface area contributed by atoms with Crippen LogP contribution in [0.3, 0.4) is 0 Å². The van der Waals surface area contributed by atoms with Gasteiger partial charge in [0.2, 0.25) is 0 Å². The number of nitriles is 1. The molecular weight excluding hydrogens is 226 g/mol. The zero-order valence-electron chi connectivity index (χ0n) is 11.2. The Bertz CT molecular complexity index is 275. The average Bonchev–Trinajstić information content (AvgIpc) is 2.84. The molecule has 0 radical (unpaired) electrons. The molecule has 1 N–H and O–H groups in total. The molecule has 4 heteroatoms. The first-order valence-electron chi connectivity index (χ1n) is 7.27. The minimum atomic E-state index is -0.157. The van der Waals surface area contributed by atoms with Crippen molar-refractivity contribution >= 4 is 0 Å². The Labute approximate surface area is 110 Å². The van der Waals surface area contributed by atoms with E-state index in [0.29, 0.717) is 6.54 Å². The molecule has 1 aliphatic carbocycles. The molecule has 2 rings (SSSR count). The molecule has 0 aromatic carbocycles. The Hall–Kier alpha value is -0.630. The molecule has 2 aliphatic rings. The highest BCUT2D eigenvalue weighted by molar-refractivity contribution is 4.82. The summed E-state index contributed by atoms with van der Waals surface area (Å²) in [6.07, 6.45) is 6.16. The van der Waals surface area contributed by atoms with Crippen molar-refractivity contribution in [2.75, 3.05) is 39.3 Å². The van der Waals surface area contributed by atoms with Crippen molar-refractivity contribution in [3.63, 3.8) is 0 Å². The Morgan fingerprint density at radius 2 is 1.72 bits per heavy atom. The zero-order valence-corrected chi connectivity index (χ0v) is 11.2. The van der Waals surface area contributed by atoms with E-state index in [2.05, 4.69) is 15.9 Å². The van der Waals surface area contributed by atoms with E-state index in [1.807, 2.05) is 0 Å². The van der Waals surface area contributed by atoms with E-state index in [0.717, 1.165) is 45.1 Å². The lowest BCUT2D eigenvalue weighted by molar-refractivity contribution is 0.0637. The van der Waals surface area contributed by atoms with Gasteiger partial charge in [0.05, 0.1) is 18.7 Å². The molecule has 0 bridgehead atoms. The van der Waals surface area contributed by atoms with Gasteiger partial charge in [-0.15, -0.1) is 0 Å². The van der Waals surface area contributed by atoms with E-state index in [1.165, 1.54) is 25.7 Å². The second-order valence-electron chi connectivity index (χ2n) is 5.77. The first-order valence-corrected chi connectivity index (χ1v) is 7.27. The highest BCUT2D eigenvalue weighted by atomic mass is 16.3. The normalized spacial score (nSPS) is 25.1. The van der Waals surface area contributed by atoms with Crippen molar-refractivity contribution in [3.8, 4) is 6.07 Å². The van der Waals surface area contributed by atoms with Gasteiger partial charge in [-0.3, -0.25) is 9.80 Å². The molecule has 4 nitrogen and oxygen atoms in total. The minimum Gasteiger partial charge on any atom is -0.392 e. The maximum atomic E-state index is 10.1. The Morgan fingerprint density at radius 3 is 2.33 bits per heavy atom. The van der Waals surface area contributed by atoms with Crippen LogP contribution in [0.15, 0.2) is 0 Å². The van der Waals surface area contributed by atoms with Crippen LogP contribution in [0.5, 0.6) is 0 Å². The van der Waals surface area contributed by atoms with Crippen molar-refractivity contribution in [1.82, 2.24) is 9.80 Å². The lowest BCUT2D eigenvalue weighted by Crippen LogP contribution is -2.48. The molecule has 0 amide bonds. The number of hydrogen-bond donors (Lipinski definition) is 1. The summed E-state index contributed by atoms with van der Waals surface area (Å²) < 4.78 is 0. The molecule has 102 valence electrons. The van der Waals surface area contributed by atoms with E-state index < -0.39 is 0 Å². The van der Waals surface area contributed by atoms with Crippen LogP contribution in [0.1, 0.15) is 32.1 Å². The summed E-state index contributed by atoms with van der Waals surface area (Å²) in [5.41, 5.74) is 0. The summed E-state index contributed by atoms with van der Waals surface area (Å²) in [5.74, 6) is 0.764. The van der Waals surface area contributed by atoms with Gasteiger partial charge < -0.3 is 5.11 Å². The summed E-state index contributed by atoms with van der Waals surface area (Å²) in [5, 5.41) is 18.8. The van der Waals surface area contributed by atoms with Crippen LogP contribution in [0.2, 0.25) is 0 Å². The molecule has 1 saturated carbocycles. The van der Waals surface area contributed by atoms with Crippen molar-refractivity contribution in [3.05, 3.63) is 0 Å². The third-order valence-electron chi connectivity index (χ3n) is 4.31.